The number of ether oxygens (including phenoxy) is 2. The van der Waals surface area contributed by atoms with Gasteiger partial charge in [0, 0.05) is 49.4 Å². The van der Waals surface area contributed by atoms with E-state index in [4.69, 9.17) is 14.5 Å². The monoisotopic (exact) mass is 590 g/mol. The van der Waals surface area contributed by atoms with Crippen LogP contribution in [0.5, 0.6) is 5.75 Å². The quantitative estimate of drug-likeness (QED) is 0.340. The molecule has 2 fully saturated rings. The predicted octanol–water partition coefficient (Wildman–Crippen LogP) is 3.74. The molecule has 6 rings (SSSR count). The third kappa shape index (κ3) is 5.87. The average Bonchev–Trinajstić information content (AvgIpc) is 3.49. The van der Waals surface area contributed by atoms with Crippen molar-refractivity contribution in [1.29, 1.82) is 0 Å². The summed E-state index contributed by atoms with van der Waals surface area (Å²) in [5, 5.41) is 3.91. The molecule has 220 valence electrons. The summed E-state index contributed by atoms with van der Waals surface area (Å²) in [6, 6.07) is 10.8. The van der Waals surface area contributed by atoms with Crippen molar-refractivity contribution in [2.24, 2.45) is 0 Å². The zero-order valence-electron chi connectivity index (χ0n) is 23.9. The third-order valence-electron chi connectivity index (χ3n) is 7.86. The summed E-state index contributed by atoms with van der Waals surface area (Å²) in [6.45, 7) is 4.76. The summed E-state index contributed by atoms with van der Waals surface area (Å²) >= 11 is 0. The third-order valence-corrected chi connectivity index (χ3v) is 8.94. The van der Waals surface area contributed by atoms with Gasteiger partial charge in [0.2, 0.25) is 5.95 Å². The molecule has 1 aromatic carbocycles. The molecule has 1 unspecified atom stereocenters. The van der Waals surface area contributed by atoms with Gasteiger partial charge in [-0.15, -0.1) is 0 Å². The van der Waals surface area contributed by atoms with Crippen LogP contribution in [0.4, 0.5) is 11.6 Å². The van der Waals surface area contributed by atoms with Crippen molar-refractivity contribution in [1.82, 2.24) is 24.4 Å². The van der Waals surface area contributed by atoms with Gasteiger partial charge in [-0.3, -0.25) is 14.3 Å². The Morgan fingerprint density at radius 1 is 1.05 bits per heavy atom. The molecule has 5 heterocycles. The second kappa shape index (κ2) is 11.4. The number of anilines is 2. The number of pyridine rings is 2. The standard InChI is InChI=1S/C30H34N6O5S/c1-19-14-25(42(3,38)39)17-31-27(19)26-15-20-16-32-30(34-28(20)36(29(26)37)22-10-13-40-18-22)33-21-4-6-23(7-5-21)41-24-8-11-35(2)12-9-24/h4-7,14-17,22,24H,8-13,18H2,1-3H3,(H,32,33,34). The number of fused-ring (bicyclic) bond motifs is 1. The Kier molecular flexibility index (Phi) is 7.69. The highest BCUT2D eigenvalue weighted by atomic mass is 32.2. The molecule has 0 saturated carbocycles. The normalized spacial score (nSPS) is 18.4. The summed E-state index contributed by atoms with van der Waals surface area (Å²) in [4.78, 5) is 30.0. The van der Waals surface area contributed by atoms with Gasteiger partial charge < -0.3 is 19.7 Å². The number of benzene rings is 1. The summed E-state index contributed by atoms with van der Waals surface area (Å²) in [5.41, 5.74) is 2.39. The first-order valence-corrected chi connectivity index (χ1v) is 15.9. The van der Waals surface area contributed by atoms with Crippen LogP contribution < -0.4 is 15.6 Å². The van der Waals surface area contributed by atoms with E-state index in [0.29, 0.717) is 53.4 Å². The summed E-state index contributed by atoms with van der Waals surface area (Å²) in [7, 11) is -1.30. The second-order valence-electron chi connectivity index (χ2n) is 11.1. The van der Waals surface area contributed by atoms with Crippen molar-refractivity contribution in [2.45, 2.75) is 43.2 Å². The predicted molar refractivity (Wildman–Crippen MR) is 160 cm³/mol. The molecule has 2 aliphatic heterocycles. The van der Waals surface area contributed by atoms with Crippen LogP contribution in [0.1, 0.15) is 30.9 Å². The van der Waals surface area contributed by atoms with Crippen molar-refractivity contribution in [3.63, 3.8) is 0 Å². The minimum Gasteiger partial charge on any atom is -0.490 e. The van der Waals surface area contributed by atoms with Gasteiger partial charge in [0.05, 0.1) is 28.8 Å². The SMILES string of the molecule is Cc1cc(S(C)(=O)=O)cnc1-c1cc2cnc(Nc3ccc(OC4CCN(C)CC4)cc3)nc2n(C2CCOC2)c1=O. The number of likely N-dealkylation sites (tertiary alicyclic amines) is 1. The van der Waals surface area contributed by atoms with E-state index < -0.39 is 9.84 Å². The first-order valence-electron chi connectivity index (χ1n) is 14.0. The highest BCUT2D eigenvalue weighted by Crippen LogP contribution is 2.28. The van der Waals surface area contributed by atoms with Gasteiger partial charge in [0.1, 0.15) is 17.5 Å². The molecule has 0 radical (unpaired) electrons. The molecule has 0 aliphatic carbocycles. The van der Waals surface area contributed by atoms with Crippen LogP contribution in [-0.4, -0.2) is 78.5 Å². The number of aryl methyl sites for hydroxylation is 1. The van der Waals surface area contributed by atoms with E-state index in [1.807, 2.05) is 24.3 Å². The molecule has 2 aliphatic rings. The van der Waals surface area contributed by atoms with Crippen LogP contribution in [0.25, 0.3) is 22.3 Å². The lowest BCUT2D eigenvalue weighted by Gasteiger charge is -2.29. The number of nitrogens with zero attached hydrogens (tertiary/aromatic N) is 5. The molecule has 0 spiro atoms. The fourth-order valence-corrected chi connectivity index (χ4v) is 6.12. The van der Waals surface area contributed by atoms with Gasteiger partial charge >= 0.3 is 0 Å². The fraction of sp³-hybridized carbons (Fsp3) is 0.400. The first kappa shape index (κ1) is 28.3. The molecule has 1 atom stereocenters. The Morgan fingerprint density at radius 2 is 1.81 bits per heavy atom. The highest BCUT2D eigenvalue weighted by Gasteiger charge is 2.25. The Bertz CT molecular complexity index is 1780. The van der Waals surface area contributed by atoms with Crippen molar-refractivity contribution < 1.29 is 17.9 Å². The first-order chi connectivity index (χ1) is 20.2. The molecule has 0 bridgehead atoms. The Hall–Kier alpha value is -3.87. The number of nitrogens with one attached hydrogen (secondary N) is 1. The van der Waals surface area contributed by atoms with Crippen LogP contribution in [0.2, 0.25) is 0 Å². The summed E-state index contributed by atoms with van der Waals surface area (Å²) in [6.07, 6.45) is 7.02. The molecule has 3 aromatic heterocycles. The van der Waals surface area contributed by atoms with Gasteiger partial charge in [0.15, 0.2) is 9.84 Å². The molecule has 42 heavy (non-hydrogen) atoms. The maximum Gasteiger partial charge on any atom is 0.262 e. The summed E-state index contributed by atoms with van der Waals surface area (Å²) in [5.74, 6) is 1.18. The molecule has 2 saturated heterocycles. The average molecular weight is 591 g/mol. The van der Waals surface area contributed by atoms with Gasteiger partial charge in [0.25, 0.3) is 5.56 Å². The molecular formula is C30H34N6O5S. The largest absolute Gasteiger partial charge is 0.490 e. The van der Waals surface area contributed by atoms with E-state index >= 15 is 0 Å². The van der Waals surface area contributed by atoms with Crippen molar-refractivity contribution in [3.8, 4) is 17.0 Å². The Balaban J connectivity index is 1.31. The Morgan fingerprint density at radius 3 is 2.48 bits per heavy atom. The van der Waals surface area contributed by atoms with Crippen molar-refractivity contribution in [2.75, 3.05) is 44.9 Å². The zero-order valence-corrected chi connectivity index (χ0v) is 24.7. The lowest BCUT2D eigenvalue weighted by Crippen LogP contribution is -2.35. The van der Waals surface area contributed by atoms with Crippen LogP contribution in [-0.2, 0) is 14.6 Å². The maximum absolute atomic E-state index is 13.9. The van der Waals surface area contributed by atoms with Crippen LogP contribution in [0.3, 0.4) is 0 Å². The zero-order chi connectivity index (χ0) is 29.4. The Labute approximate surface area is 244 Å². The number of aromatic nitrogens is 4. The van der Waals surface area contributed by atoms with Gasteiger partial charge in [-0.1, -0.05) is 0 Å². The number of sulfone groups is 1. The molecule has 11 nitrogen and oxygen atoms in total. The summed E-state index contributed by atoms with van der Waals surface area (Å²) < 4.78 is 37.5. The number of piperidine rings is 1. The number of hydrogen-bond donors (Lipinski definition) is 1. The van der Waals surface area contributed by atoms with Crippen LogP contribution in [0, 0.1) is 6.92 Å². The van der Waals surface area contributed by atoms with Crippen molar-refractivity contribution >= 4 is 32.5 Å². The minimum absolute atomic E-state index is 0.106. The maximum atomic E-state index is 13.9. The van der Waals surface area contributed by atoms with Gasteiger partial charge in [-0.05, 0) is 75.2 Å². The molecule has 0 amide bonds. The molecule has 1 N–H and O–H groups in total. The van der Waals surface area contributed by atoms with Gasteiger partial charge in [-0.25, -0.2) is 13.4 Å². The minimum atomic E-state index is -3.43. The van der Waals surface area contributed by atoms with E-state index in [2.05, 4.69) is 27.2 Å². The van der Waals surface area contributed by atoms with E-state index in [0.717, 1.165) is 43.6 Å². The van der Waals surface area contributed by atoms with Crippen LogP contribution in [0.15, 0.2) is 58.5 Å². The number of rotatable bonds is 7. The van der Waals surface area contributed by atoms with E-state index in [1.165, 1.54) is 12.3 Å². The lowest BCUT2D eigenvalue weighted by atomic mass is 10.1. The molecule has 4 aromatic rings. The van der Waals surface area contributed by atoms with Crippen molar-refractivity contribution in [3.05, 3.63) is 64.7 Å². The topological polar surface area (TPSA) is 129 Å². The highest BCUT2D eigenvalue weighted by molar-refractivity contribution is 7.90. The lowest BCUT2D eigenvalue weighted by molar-refractivity contribution is 0.114. The molecule has 12 heteroatoms. The fourth-order valence-electron chi connectivity index (χ4n) is 5.49. The van der Waals surface area contributed by atoms with E-state index in [9.17, 15) is 13.2 Å². The smallest absolute Gasteiger partial charge is 0.262 e. The van der Waals surface area contributed by atoms with Gasteiger partial charge in [-0.2, -0.15) is 4.98 Å². The molecular weight excluding hydrogens is 556 g/mol. The van der Waals surface area contributed by atoms with E-state index in [1.54, 1.807) is 23.8 Å². The number of hydrogen-bond acceptors (Lipinski definition) is 10. The van der Waals surface area contributed by atoms with Crippen LogP contribution >= 0.6 is 0 Å². The van der Waals surface area contributed by atoms with E-state index in [-0.39, 0.29) is 22.6 Å². The second-order valence-corrected chi connectivity index (χ2v) is 13.1.